The fourth-order valence-electron chi connectivity index (χ4n) is 2.04. The van der Waals surface area contributed by atoms with Crippen LogP contribution in [0.15, 0.2) is 41.3 Å². The lowest BCUT2D eigenvalue weighted by atomic mass is 10.1. The van der Waals surface area contributed by atoms with E-state index in [-0.39, 0.29) is 11.6 Å². The molecule has 3 rings (SSSR count). The molecule has 100 valence electrons. The van der Waals surface area contributed by atoms with Gasteiger partial charge in [0.25, 0.3) is 0 Å². The summed E-state index contributed by atoms with van der Waals surface area (Å²) in [5.41, 5.74) is 2.80. The zero-order chi connectivity index (χ0) is 14.3. The van der Waals surface area contributed by atoms with Crippen LogP contribution in [-0.4, -0.2) is 10.1 Å². The normalized spacial score (nSPS) is 10.9. The molecule has 1 heterocycles. The van der Waals surface area contributed by atoms with Crippen molar-refractivity contribution in [2.75, 3.05) is 0 Å². The van der Waals surface area contributed by atoms with Crippen LogP contribution >= 0.6 is 0 Å². The SMILES string of the molecule is C=Cc1cc(O)cc2nc(-c3ccc(C)c(F)c3)oc12. The van der Waals surface area contributed by atoms with E-state index >= 15 is 0 Å². The van der Waals surface area contributed by atoms with E-state index in [1.807, 2.05) is 0 Å². The lowest BCUT2D eigenvalue weighted by Gasteiger charge is -1.98. The molecule has 0 atom stereocenters. The van der Waals surface area contributed by atoms with Gasteiger partial charge in [0.05, 0.1) is 0 Å². The number of aromatic nitrogens is 1. The number of aromatic hydroxyl groups is 1. The van der Waals surface area contributed by atoms with Crippen LogP contribution in [0.4, 0.5) is 4.39 Å². The molecule has 0 aliphatic rings. The van der Waals surface area contributed by atoms with E-state index in [1.165, 1.54) is 12.1 Å². The van der Waals surface area contributed by atoms with Gasteiger partial charge in [0.1, 0.15) is 17.1 Å². The van der Waals surface area contributed by atoms with Crippen molar-refractivity contribution in [1.29, 1.82) is 0 Å². The predicted molar refractivity (Wildman–Crippen MR) is 75.9 cm³/mol. The van der Waals surface area contributed by atoms with Crippen LogP contribution < -0.4 is 0 Å². The van der Waals surface area contributed by atoms with E-state index in [9.17, 15) is 9.50 Å². The molecule has 0 unspecified atom stereocenters. The number of phenols is 1. The van der Waals surface area contributed by atoms with Gasteiger partial charge in [-0.1, -0.05) is 18.7 Å². The Balaban J connectivity index is 2.22. The summed E-state index contributed by atoms with van der Waals surface area (Å²) < 4.78 is 19.3. The highest BCUT2D eigenvalue weighted by Crippen LogP contribution is 2.30. The Morgan fingerprint density at radius 1 is 1.30 bits per heavy atom. The summed E-state index contributed by atoms with van der Waals surface area (Å²) in [4.78, 5) is 4.28. The lowest BCUT2D eigenvalue weighted by Crippen LogP contribution is -1.84. The van der Waals surface area contributed by atoms with Crippen molar-refractivity contribution < 1.29 is 13.9 Å². The molecular weight excluding hydrogens is 257 g/mol. The molecule has 0 saturated carbocycles. The van der Waals surface area contributed by atoms with Crippen molar-refractivity contribution in [3.8, 4) is 17.2 Å². The lowest BCUT2D eigenvalue weighted by molar-refractivity contribution is 0.475. The summed E-state index contributed by atoms with van der Waals surface area (Å²) in [5, 5.41) is 9.61. The van der Waals surface area contributed by atoms with Gasteiger partial charge in [0, 0.05) is 17.2 Å². The first kappa shape index (κ1) is 12.4. The van der Waals surface area contributed by atoms with Crippen LogP contribution in [0.3, 0.4) is 0 Å². The van der Waals surface area contributed by atoms with Crippen molar-refractivity contribution in [3.63, 3.8) is 0 Å². The van der Waals surface area contributed by atoms with Gasteiger partial charge >= 0.3 is 0 Å². The second-order valence-electron chi connectivity index (χ2n) is 4.57. The fourth-order valence-corrected chi connectivity index (χ4v) is 2.04. The Labute approximate surface area is 115 Å². The quantitative estimate of drug-likeness (QED) is 0.754. The molecular formula is C16H12FNO2. The molecule has 3 nitrogen and oxygen atoms in total. The summed E-state index contributed by atoms with van der Waals surface area (Å²) in [6, 6.07) is 7.84. The van der Waals surface area contributed by atoms with E-state index < -0.39 is 0 Å². The first-order chi connectivity index (χ1) is 9.58. The molecule has 0 bridgehead atoms. The molecule has 0 aliphatic heterocycles. The van der Waals surface area contributed by atoms with E-state index in [2.05, 4.69) is 11.6 Å². The van der Waals surface area contributed by atoms with Crippen LogP contribution in [0.5, 0.6) is 5.75 Å². The number of rotatable bonds is 2. The third kappa shape index (κ3) is 1.95. The summed E-state index contributed by atoms with van der Waals surface area (Å²) in [7, 11) is 0. The highest BCUT2D eigenvalue weighted by molar-refractivity contribution is 5.86. The van der Waals surface area contributed by atoms with Crippen molar-refractivity contribution in [3.05, 3.63) is 53.9 Å². The third-order valence-corrected chi connectivity index (χ3v) is 3.14. The minimum atomic E-state index is -0.309. The summed E-state index contributed by atoms with van der Waals surface area (Å²) in [6.07, 6.45) is 1.58. The van der Waals surface area contributed by atoms with Crippen molar-refractivity contribution in [2.24, 2.45) is 0 Å². The number of hydrogen-bond donors (Lipinski definition) is 1. The fraction of sp³-hybridized carbons (Fsp3) is 0.0625. The van der Waals surface area contributed by atoms with Crippen LogP contribution in [0.2, 0.25) is 0 Å². The maximum absolute atomic E-state index is 13.6. The highest BCUT2D eigenvalue weighted by atomic mass is 19.1. The topological polar surface area (TPSA) is 46.3 Å². The van der Waals surface area contributed by atoms with Crippen LogP contribution in [0.1, 0.15) is 11.1 Å². The molecule has 0 spiro atoms. The molecule has 0 aliphatic carbocycles. The van der Waals surface area contributed by atoms with Crippen molar-refractivity contribution >= 4 is 17.2 Å². The largest absolute Gasteiger partial charge is 0.508 e. The Morgan fingerprint density at radius 2 is 2.10 bits per heavy atom. The molecule has 4 heteroatoms. The molecule has 0 amide bonds. The van der Waals surface area contributed by atoms with Gasteiger partial charge in [-0.05, 0) is 30.7 Å². The number of benzene rings is 2. The average Bonchev–Trinajstić information content (AvgIpc) is 2.84. The minimum absolute atomic E-state index is 0.0855. The standard InChI is InChI=1S/C16H12FNO2/c1-3-10-6-12(19)8-14-15(10)20-16(18-14)11-5-4-9(2)13(17)7-11/h3-8,19H,1H2,2H3. The maximum Gasteiger partial charge on any atom is 0.227 e. The highest BCUT2D eigenvalue weighted by Gasteiger charge is 2.13. The van der Waals surface area contributed by atoms with E-state index in [1.54, 1.807) is 31.2 Å². The second-order valence-corrected chi connectivity index (χ2v) is 4.57. The smallest absolute Gasteiger partial charge is 0.227 e. The van der Waals surface area contributed by atoms with Gasteiger partial charge in [0.15, 0.2) is 5.58 Å². The predicted octanol–water partition coefficient (Wildman–Crippen LogP) is 4.29. The number of fused-ring (bicyclic) bond motifs is 1. The summed E-state index contributed by atoms with van der Waals surface area (Å²) in [5.74, 6) is 0.0893. The van der Waals surface area contributed by atoms with Gasteiger partial charge in [-0.3, -0.25) is 0 Å². The number of nitrogens with zero attached hydrogens (tertiary/aromatic N) is 1. The first-order valence-corrected chi connectivity index (χ1v) is 6.11. The van der Waals surface area contributed by atoms with E-state index in [0.717, 1.165) is 0 Å². The third-order valence-electron chi connectivity index (χ3n) is 3.14. The average molecular weight is 269 g/mol. The second kappa shape index (κ2) is 4.49. The van der Waals surface area contributed by atoms with Crippen LogP contribution in [0, 0.1) is 12.7 Å². The zero-order valence-corrected chi connectivity index (χ0v) is 10.9. The molecule has 3 aromatic rings. The number of oxazole rings is 1. The van der Waals surface area contributed by atoms with E-state index in [4.69, 9.17) is 4.42 Å². The number of phenolic OH excluding ortho intramolecular Hbond substituents is 1. The minimum Gasteiger partial charge on any atom is -0.508 e. The zero-order valence-electron chi connectivity index (χ0n) is 10.9. The van der Waals surface area contributed by atoms with Gasteiger partial charge < -0.3 is 9.52 Å². The first-order valence-electron chi connectivity index (χ1n) is 6.11. The molecule has 0 fully saturated rings. The monoisotopic (exact) mass is 269 g/mol. The van der Waals surface area contributed by atoms with Gasteiger partial charge in [-0.25, -0.2) is 9.37 Å². The number of hydrogen-bond acceptors (Lipinski definition) is 3. The van der Waals surface area contributed by atoms with E-state index in [0.29, 0.717) is 33.7 Å². The molecule has 0 radical (unpaired) electrons. The Morgan fingerprint density at radius 3 is 2.80 bits per heavy atom. The number of aryl methyl sites for hydroxylation is 1. The molecule has 1 aromatic heterocycles. The van der Waals surface area contributed by atoms with Gasteiger partial charge in [-0.15, -0.1) is 0 Å². The number of halogens is 1. The van der Waals surface area contributed by atoms with Gasteiger partial charge in [-0.2, -0.15) is 0 Å². The van der Waals surface area contributed by atoms with Crippen LogP contribution in [0.25, 0.3) is 28.6 Å². The van der Waals surface area contributed by atoms with Crippen molar-refractivity contribution in [1.82, 2.24) is 4.98 Å². The van der Waals surface area contributed by atoms with Crippen molar-refractivity contribution in [2.45, 2.75) is 6.92 Å². The summed E-state index contributed by atoms with van der Waals surface area (Å²) >= 11 is 0. The Bertz CT molecular complexity index is 821. The molecule has 20 heavy (non-hydrogen) atoms. The molecule has 1 N–H and O–H groups in total. The Hall–Kier alpha value is -2.62. The molecule has 2 aromatic carbocycles. The maximum atomic E-state index is 13.6. The van der Waals surface area contributed by atoms with Crippen LogP contribution in [-0.2, 0) is 0 Å². The Kier molecular flexibility index (Phi) is 2.79. The molecule has 0 saturated heterocycles. The summed E-state index contributed by atoms with van der Waals surface area (Å²) in [6.45, 7) is 5.36. The van der Waals surface area contributed by atoms with Gasteiger partial charge in [0.2, 0.25) is 5.89 Å².